The molecule has 0 spiro atoms. The molecule has 1 rings (SSSR count). The first kappa shape index (κ1) is 13.0. The van der Waals surface area contributed by atoms with Gasteiger partial charge in [-0.15, -0.1) is 0 Å². The summed E-state index contributed by atoms with van der Waals surface area (Å²) in [6, 6.07) is 8.24. The summed E-state index contributed by atoms with van der Waals surface area (Å²) in [5, 5.41) is 0. The summed E-state index contributed by atoms with van der Waals surface area (Å²) in [6.45, 7) is 6.43. The lowest BCUT2D eigenvalue weighted by molar-refractivity contribution is 0.414. The molecule has 0 N–H and O–H groups in total. The third-order valence-electron chi connectivity index (χ3n) is 1.70. The zero-order valence-electron chi connectivity index (χ0n) is 9.84. The van der Waals surface area contributed by atoms with Crippen LogP contribution in [-0.2, 0) is 6.42 Å². The Morgan fingerprint density at radius 3 is 1.86 bits per heavy atom. The van der Waals surface area contributed by atoms with Gasteiger partial charge in [-0.25, -0.2) is 0 Å². The molecule has 0 fully saturated rings. The Hall–Kier alpha value is -0.980. The average molecular weight is 194 g/mol. The van der Waals surface area contributed by atoms with E-state index in [-0.39, 0.29) is 0 Å². The van der Waals surface area contributed by atoms with E-state index in [4.69, 9.17) is 4.74 Å². The van der Waals surface area contributed by atoms with Gasteiger partial charge in [0.25, 0.3) is 0 Å². The molecule has 14 heavy (non-hydrogen) atoms. The van der Waals surface area contributed by atoms with Gasteiger partial charge in [0.05, 0.1) is 7.11 Å². The van der Waals surface area contributed by atoms with Gasteiger partial charge >= 0.3 is 0 Å². The summed E-state index contributed by atoms with van der Waals surface area (Å²) in [5.41, 5.74) is 1.38. The van der Waals surface area contributed by atoms with Crippen molar-refractivity contribution < 1.29 is 4.74 Å². The molecule has 80 valence electrons. The van der Waals surface area contributed by atoms with Crippen molar-refractivity contribution in [3.63, 3.8) is 0 Å². The molecule has 0 saturated heterocycles. The molecule has 0 heterocycles. The first-order valence-corrected chi connectivity index (χ1v) is 5.41. The fourth-order valence-corrected chi connectivity index (χ4v) is 1.08. The lowest BCUT2D eigenvalue weighted by atomic mass is 10.1. The van der Waals surface area contributed by atoms with Gasteiger partial charge in [-0.3, -0.25) is 0 Å². The Bertz CT molecular complexity index is 213. The van der Waals surface area contributed by atoms with Gasteiger partial charge in [0.1, 0.15) is 5.75 Å². The standard InChI is InChI=1S/C10H14O.C3H8/c1-3-4-9-5-7-10(11-2)8-6-9;1-3-2/h5-8H,3-4H2,1-2H3;3H2,1-2H3. The second-order valence-corrected chi connectivity index (χ2v) is 3.31. The predicted octanol–water partition coefficient (Wildman–Crippen LogP) is 4.06. The number of methoxy groups -OCH3 is 1. The van der Waals surface area contributed by atoms with Crippen LogP contribution in [0.25, 0.3) is 0 Å². The van der Waals surface area contributed by atoms with Gasteiger partial charge in [0.15, 0.2) is 0 Å². The minimum atomic E-state index is 0.935. The summed E-state index contributed by atoms with van der Waals surface area (Å²) >= 11 is 0. The van der Waals surface area contributed by atoms with Crippen molar-refractivity contribution in [2.75, 3.05) is 7.11 Å². The van der Waals surface area contributed by atoms with Crippen molar-refractivity contribution in [3.05, 3.63) is 29.8 Å². The summed E-state index contributed by atoms with van der Waals surface area (Å²) in [6.07, 6.45) is 3.61. The highest BCUT2D eigenvalue weighted by molar-refractivity contribution is 5.27. The first-order valence-electron chi connectivity index (χ1n) is 5.41. The van der Waals surface area contributed by atoms with E-state index in [2.05, 4.69) is 32.9 Å². The molecule has 1 nitrogen and oxygen atoms in total. The van der Waals surface area contributed by atoms with Crippen molar-refractivity contribution in [1.29, 1.82) is 0 Å². The van der Waals surface area contributed by atoms with E-state index in [0.717, 1.165) is 12.2 Å². The average Bonchev–Trinajstić information content (AvgIpc) is 2.21. The van der Waals surface area contributed by atoms with E-state index in [0.29, 0.717) is 0 Å². The number of hydrogen-bond donors (Lipinski definition) is 0. The highest BCUT2D eigenvalue weighted by Crippen LogP contribution is 2.11. The van der Waals surface area contributed by atoms with Gasteiger partial charge < -0.3 is 4.74 Å². The van der Waals surface area contributed by atoms with Crippen molar-refractivity contribution in [2.45, 2.75) is 40.0 Å². The van der Waals surface area contributed by atoms with Crippen molar-refractivity contribution in [3.8, 4) is 5.75 Å². The van der Waals surface area contributed by atoms with Crippen molar-refractivity contribution in [1.82, 2.24) is 0 Å². The summed E-state index contributed by atoms with van der Waals surface area (Å²) in [5.74, 6) is 0.935. The maximum absolute atomic E-state index is 5.05. The molecule has 0 unspecified atom stereocenters. The summed E-state index contributed by atoms with van der Waals surface area (Å²) < 4.78 is 5.05. The van der Waals surface area contributed by atoms with E-state index >= 15 is 0 Å². The van der Waals surface area contributed by atoms with E-state index in [1.165, 1.54) is 18.4 Å². The van der Waals surface area contributed by atoms with E-state index in [9.17, 15) is 0 Å². The Labute approximate surface area is 88.1 Å². The van der Waals surface area contributed by atoms with Crippen LogP contribution in [0.4, 0.5) is 0 Å². The van der Waals surface area contributed by atoms with Crippen LogP contribution in [0.5, 0.6) is 5.75 Å². The van der Waals surface area contributed by atoms with Crippen LogP contribution < -0.4 is 4.74 Å². The molecule has 0 aliphatic heterocycles. The van der Waals surface area contributed by atoms with Gasteiger partial charge in [-0.05, 0) is 24.1 Å². The zero-order chi connectivity index (χ0) is 10.8. The Kier molecular flexibility index (Phi) is 8.01. The molecule has 1 aromatic carbocycles. The highest BCUT2D eigenvalue weighted by atomic mass is 16.5. The molecule has 0 bridgehead atoms. The number of rotatable bonds is 3. The minimum Gasteiger partial charge on any atom is -0.497 e. The van der Waals surface area contributed by atoms with E-state index in [1.807, 2.05) is 12.1 Å². The molecular weight excluding hydrogens is 172 g/mol. The van der Waals surface area contributed by atoms with Crippen LogP contribution in [0, 0.1) is 0 Å². The number of benzene rings is 1. The van der Waals surface area contributed by atoms with Crippen LogP contribution in [0.2, 0.25) is 0 Å². The third-order valence-corrected chi connectivity index (χ3v) is 1.70. The van der Waals surface area contributed by atoms with E-state index in [1.54, 1.807) is 7.11 Å². The van der Waals surface area contributed by atoms with Crippen molar-refractivity contribution >= 4 is 0 Å². The Morgan fingerprint density at radius 1 is 1.00 bits per heavy atom. The Morgan fingerprint density at radius 2 is 1.50 bits per heavy atom. The molecule has 0 amide bonds. The van der Waals surface area contributed by atoms with E-state index < -0.39 is 0 Å². The lowest BCUT2D eigenvalue weighted by Gasteiger charge is -2.00. The van der Waals surface area contributed by atoms with Gasteiger partial charge in [0.2, 0.25) is 0 Å². The molecule has 0 atom stereocenters. The maximum Gasteiger partial charge on any atom is 0.118 e. The number of aryl methyl sites for hydroxylation is 1. The van der Waals surface area contributed by atoms with Crippen molar-refractivity contribution in [2.24, 2.45) is 0 Å². The molecular formula is C13H22O. The molecule has 0 radical (unpaired) electrons. The van der Waals surface area contributed by atoms with Crippen LogP contribution in [0.3, 0.4) is 0 Å². The monoisotopic (exact) mass is 194 g/mol. The lowest BCUT2D eigenvalue weighted by Crippen LogP contribution is -1.84. The molecule has 0 aromatic heterocycles. The quantitative estimate of drug-likeness (QED) is 0.705. The Balaban J connectivity index is 0.000000500. The normalized spacial score (nSPS) is 8.86. The van der Waals surface area contributed by atoms with Crippen LogP contribution >= 0.6 is 0 Å². The topological polar surface area (TPSA) is 9.23 Å². The van der Waals surface area contributed by atoms with Gasteiger partial charge in [-0.1, -0.05) is 45.7 Å². The molecule has 0 aliphatic rings. The van der Waals surface area contributed by atoms with Crippen LogP contribution in [-0.4, -0.2) is 7.11 Å². The maximum atomic E-state index is 5.05. The van der Waals surface area contributed by atoms with Crippen LogP contribution in [0.15, 0.2) is 24.3 Å². The summed E-state index contributed by atoms with van der Waals surface area (Å²) in [7, 11) is 1.69. The minimum absolute atomic E-state index is 0.935. The fourth-order valence-electron chi connectivity index (χ4n) is 1.08. The number of hydrogen-bond acceptors (Lipinski definition) is 1. The second-order valence-electron chi connectivity index (χ2n) is 3.31. The van der Waals surface area contributed by atoms with Gasteiger partial charge in [-0.2, -0.15) is 0 Å². The smallest absolute Gasteiger partial charge is 0.118 e. The third kappa shape index (κ3) is 5.63. The fraction of sp³-hybridized carbons (Fsp3) is 0.538. The SMILES string of the molecule is CCC.CCCc1ccc(OC)cc1. The molecule has 1 heteroatoms. The van der Waals surface area contributed by atoms with Gasteiger partial charge in [0, 0.05) is 0 Å². The first-order chi connectivity index (χ1) is 6.78. The number of ether oxygens (including phenoxy) is 1. The zero-order valence-corrected chi connectivity index (χ0v) is 9.84. The highest BCUT2D eigenvalue weighted by Gasteiger charge is 1.91. The molecule has 0 saturated carbocycles. The predicted molar refractivity (Wildman–Crippen MR) is 63.0 cm³/mol. The second kappa shape index (κ2) is 8.61. The van der Waals surface area contributed by atoms with Crippen LogP contribution in [0.1, 0.15) is 39.2 Å². The largest absolute Gasteiger partial charge is 0.497 e. The summed E-state index contributed by atoms with van der Waals surface area (Å²) in [4.78, 5) is 0. The molecule has 0 aliphatic carbocycles. The molecule has 1 aromatic rings.